The molecule has 0 aromatic heterocycles. The molecule has 2 unspecified atom stereocenters. The molecule has 0 rings (SSSR count). The average molecular weight is 459 g/mol. The fraction of sp³-hybridized carbons (Fsp3) is 0.963. The highest BCUT2D eigenvalue weighted by Crippen LogP contribution is 2.25. The summed E-state index contributed by atoms with van der Waals surface area (Å²) in [7, 11) is 0. The van der Waals surface area contributed by atoms with Crippen molar-refractivity contribution in [2.45, 2.75) is 155 Å². The summed E-state index contributed by atoms with van der Waals surface area (Å²) in [5.41, 5.74) is 0. The van der Waals surface area contributed by atoms with Gasteiger partial charge in [-0.1, -0.05) is 117 Å². The largest absolute Gasteiger partial charge is 0.430 e. The Morgan fingerprint density at radius 2 is 1.16 bits per heavy atom. The molecule has 0 heterocycles. The average Bonchev–Trinajstić information content (AvgIpc) is 2.80. The van der Waals surface area contributed by atoms with E-state index in [4.69, 9.17) is 9.47 Å². The maximum Gasteiger partial charge on any atom is 0.308 e. The van der Waals surface area contributed by atoms with Crippen molar-refractivity contribution < 1.29 is 24.5 Å². The van der Waals surface area contributed by atoms with Crippen LogP contribution in [0.15, 0.2) is 0 Å². The third kappa shape index (κ3) is 16.0. The fourth-order valence-electron chi connectivity index (χ4n) is 4.05. The number of esters is 1. The van der Waals surface area contributed by atoms with Gasteiger partial charge in [-0.05, 0) is 12.8 Å². The lowest BCUT2D eigenvalue weighted by Gasteiger charge is -2.35. The molecule has 2 atom stereocenters. The Bertz CT molecular complexity index is 415. The van der Waals surface area contributed by atoms with E-state index in [-0.39, 0.29) is 5.97 Å². The van der Waals surface area contributed by atoms with Crippen LogP contribution >= 0.6 is 0 Å². The molecule has 0 radical (unpaired) electrons. The van der Waals surface area contributed by atoms with Gasteiger partial charge in [0.1, 0.15) is 6.10 Å². The summed E-state index contributed by atoms with van der Waals surface area (Å²) in [6.07, 6.45) is 19.9. The Balaban J connectivity index is 3.96. The number of aliphatic hydroxyl groups is 2. The first kappa shape index (κ1) is 31.4. The van der Waals surface area contributed by atoms with Gasteiger partial charge in [-0.15, -0.1) is 0 Å². The maximum atomic E-state index is 12.4. The molecule has 0 saturated carbocycles. The highest BCUT2D eigenvalue weighted by Gasteiger charge is 2.41. The Morgan fingerprint density at radius 3 is 1.59 bits per heavy atom. The molecule has 5 heteroatoms. The Hall–Kier alpha value is -0.650. The van der Waals surface area contributed by atoms with Crippen LogP contribution in [0.4, 0.5) is 0 Å². The fourth-order valence-corrected chi connectivity index (χ4v) is 4.05. The number of unbranched alkanes of at least 4 members (excludes halogenated alkanes) is 15. The van der Waals surface area contributed by atoms with Gasteiger partial charge in [0, 0.05) is 12.8 Å². The van der Waals surface area contributed by atoms with Crippen LogP contribution in [0.5, 0.6) is 0 Å². The number of hydrogen-bond donors (Lipinski definition) is 2. The van der Waals surface area contributed by atoms with E-state index < -0.39 is 18.5 Å². The lowest BCUT2D eigenvalue weighted by atomic mass is 10.0. The molecule has 0 amide bonds. The van der Waals surface area contributed by atoms with Crippen LogP contribution in [0.1, 0.15) is 143 Å². The lowest BCUT2D eigenvalue weighted by molar-refractivity contribution is -0.277. The zero-order chi connectivity index (χ0) is 23.9. The monoisotopic (exact) mass is 458 g/mol. The molecule has 0 saturated heterocycles. The van der Waals surface area contributed by atoms with Crippen LogP contribution in [-0.2, 0) is 14.3 Å². The summed E-state index contributed by atoms with van der Waals surface area (Å²) in [5, 5.41) is 19.7. The Labute approximate surface area is 198 Å². The molecular formula is C27H54O5. The minimum Gasteiger partial charge on any atom is -0.430 e. The molecule has 192 valence electrons. The molecule has 0 spiro atoms. The Kier molecular flexibility index (Phi) is 21.7. The first-order valence-electron chi connectivity index (χ1n) is 13.7. The number of ether oxygens (including phenoxy) is 2. The first-order valence-corrected chi connectivity index (χ1v) is 13.7. The SMILES string of the molecule is CCCCCCCCCCCCCCCC(=O)OC(CC)(OCCCCCC)C(O)CO. The normalized spacial score (nSPS) is 14.3. The molecule has 0 aliphatic carbocycles. The van der Waals surface area contributed by atoms with Crippen LogP contribution < -0.4 is 0 Å². The second-order valence-electron chi connectivity index (χ2n) is 9.24. The quantitative estimate of drug-likeness (QED) is 0.0919. The third-order valence-electron chi connectivity index (χ3n) is 6.29. The van der Waals surface area contributed by atoms with Crippen LogP contribution in [0, 0.1) is 0 Å². The topological polar surface area (TPSA) is 76.0 Å². The van der Waals surface area contributed by atoms with Crippen molar-refractivity contribution in [2.24, 2.45) is 0 Å². The second-order valence-corrected chi connectivity index (χ2v) is 9.24. The highest BCUT2D eigenvalue weighted by molar-refractivity contribution is 5.69. The predicted molar refractivity (Wildman–Crippen MR) is 133 cm³/mol. The van der Waals surface area contributed by atoms with E-state index in [1.54, 1.807) is 0 Å². The van der Waals surface area contributed by atoms with Crippen molar-refractivity contribution in [3.05, 3.63) is 0 Å². The van der Waals surface area contributed by atoms with Gasteiger partial charge in [-0.3, -0.25) is 4.79 Å². The highest BCUT2D eigenvalue weighted by atomic mass is 16.7. The molecule has 2 N–H and O–H groups in total. The summed E-state index contributed by atoms with van der Waals surface area (Å²) < 4.78 is 11.4. The molecule has 32 heavy (non-hydrogen) atoms. The van der Waals surface area contributed by atoms with Crippen LogP contribution in [0.3, 0.4) is 0 Å². The van der Waals surface area contributed by atoms with Gasteiger partial charge >= 0.3 is 5.97 Å². The van der Waals surface area contributed by atoms with E-state index >= 15 is 0 Å². The van der Waals surface area contributed by atoms with Gasteiger partial charge in [0.15, 0.2) is 0 Å². The van der Waals surface area contributed by atoms with Gasteiger partial charge in [-0.2, -0.15) is 0 Å². The molecule has 0 aliphatic heterocycles. The zero-order valence-electron chi connectivity index (χ0n) is 21.5. The van der Waals surface area contributed by atoms with Crippen molar-refractivity contribution in [2.75, 3.05) is 13.2 Å². The minimum atomic E-state index is -1.44. The first-order chi connectivity index (χ1) is 15.6. The van der Waals surface area contributed by atoms with E-state index in [1.807, 2.05) is 6.92 Å². The zero-order valence-corrected chi connectivity index (χ0v) is 21.5. The standard InChI is InChI=1S/C27H54O5/c1-4-7-9-11-12-13-14-15-16-17-18-19-20-22-26(30)32-27(6-3,25(29)24-28)31-23-21-10-8-5-2/h25,28-29H,4-24H2,1-3H3. The summed E-state index contributed by atoms with van der Waals surface area (Å²) in [6.45, 7) is 6.13. The van der Waals surface area contributed by atoms with Gasteiger partial charge < -0.3 is 19.7 Å². The van der Waals surface area contributed by atoms with E-state index in [2.05, 4.69) is 13.8 Å². The molecule has 0 fully saturated rings. The van der Waals surface area contributed by atoms with E-state index in [1.165, 1.54) is 64.2 Å². The lowest BCUT2D eigenvalue weighted by Crippen LogP contribution is -2.50. The molecular weight excluding hydrogens is 404 g/mol. The minimum absolute atomic E-state index is 0.312. The van der Waals surface area contributed by atoms with Gasteiger partial charge in [-0.25, -0.2) is 0 Å². The molecule has 0 aromatic rings. The maximum absolute atomic E-state index is 12.4. The molecule has 5 nitrogen and oxygen atoms in total. The molecule has 0 aromatic carbocycles. The number of carbonyl (C=O) groups is 1. The van der Waals surface area contributed by atoms with Gasteiger partial charge in [0.2, 0.25) is 5.79 Å². The summed E-state index contributed by atoms with van der Waals surface area (Å²) >= 11 is 0. The Morgan fingerprint density at radius 1 is 0.719 bits per heavy atom. The van der Waals surface area contributed by atoms with Gasteiger partial charge in [0.05, 0.1) is 13.2 Å². The summed E-state index contributed by atoms with van der Waals surface area (Å²) in [6, 6.07) is 0. The molecule has 0 bridgehead atoms. The number of rotatable bonds is 24. The number of aliphatic hydroxyl groups excluding tert-OH is 2. The third-order valence-corrected chi connectivity index (χ3v) is 6.29. The van der Waals surface area contributed by atoms with Crippen molar-refractivity contribution in [3.8, 4) is 0 Å². The van der Waals surface area contributed by atoms with Crippen LogP contribution in [0.25, 0.3) is 0 Å². The van der Waals surface area contributed by atoms with Crippen molar-refractivity contribution in [1.29, 1.82) is 0 Å². The van der Waals surface area contributed by atoms with Crippen LogP contribution in [-0.4, -0.2) is 41.3 Å². The molecule has 0 aliphatic rings. The second kappa shape index (κ2) is 22.2. The summed E-state index contributed by atoms with van der Waals surface area (Å²) in [5.74, 6) is -1.79. The van der Waals surface area contributed by atoms with E-state index in [9.17, 15) is 15.0 Å². The smallest absolute Gasteiger partial charge is 0.308 e. The van der Waals surface area contributed by atoms with Crippen molar-refractivity contribution >= 4 is 5.97 Å². The number of carbonyl (C=O) groups excluding carboxylic acids is 1. The van der Waals surface area contributed by atoms with Crippen LogP contribution in [0.2, 0.25) is 0 Å². The van der Waals surface area contributed by atoms with Crippen molar-refractivity contribution in [3.63, 3.8) is 0 Å². The van der Waals surface area contributed by atoms with E-state index in [0.29, 0.717) is 19.4 Å². The number of hydrogen-bond acceptors (Lipinski definition) is 5. The summed E-state index contributed by atoms with van der Waals surface area (Å²) in [4.78, 5) is 12.4. The van der Waals surface area contributed by atoms with E-state index in [0.717, 1.165) is 44.9 Å². The van der Waals surface area contributed by atoms with Gasteiger partial charge in [0.25, 0.3) is 0 Å². The predicted octanol–water partition coefficient (Wildman–Crippen LogP) is 7.07. The van der Waals surface area contributed by atoms with Crippen molar-refractivity contribution in [1.82, 2.24) is 0 Å².